The highest BCUT2D eigenvalue weighted by atomic mass is 32.2. The van der Waals surface area contributed by atoms with Gasteiger partial charge in [0.15, 0.2) is 0 Å². The Kier molecular flexibility index (Phi) is 8.07. The van der Waals surface area contributed by atoms with Crippen LogP contribution in [0.15, 0.2) is 29.2 Å². The zero-order chi connectivity index (χ0) is 22.0. The number of aryl methyl sites for hydroxylation is 1. The van der Waals surface area contributed by atoms with Crippen LogP contribution in [0.2, 0.25) is 0 Å². The minimum Gasteiger partial charge on any atom is -0.298 e. The second kappa shape index (κ2) is 8.94. The fourth-order valence-corrected chi connectivity index (χ4v) is 6.38. The molecule has 0 fully saturated rings. The van der Waals surface area contributed by atoms with Crippen molar-refractivity contribution in [3.63, 3.8) is 0 Å². The van der Waals surface area contributed by atoms with E-state index < -0.39 is 28.8 Å². The lowest BCUT2D eigenvalue weighted by molar-refractivity contribution is 0.0295. The summed E-state index contributed by atoms with van der Waals surface area (Å²) in [6, 6.07) is 6.45. The molecular formula is C19H36N3O4PS. The molecule has 0 aliphatic rings. The molecule has 0 spiro atoms. The molecule has 0 radical (unpaired) electrons. The molecule has 0 aliphatic heterocycles. The summed E-state index contributed by atoms with van der Waals surface area (Å²) in [5.41, 5.74) is -1.17. The Morgan fingerprint density at radius 2 is 1.36 bits per heavy atom. The van der Waals surface area contributed by atoms with Gasteiger partial charge in [-0.2, -0.15) is 0 Å². The largest absolute Gasteiger partial charge is 0.341 e. The summed E-state index contributed by atoms with van der Waals surface area (Å²) in [4.78, 5) is 0.172. The van der Waals surface area contributed by atoms with Gasteiger partial charge in [0, 0.05) is 12.1 Å². The van der Waals surface area contributed by atoms with E-state index in [9.17, 15) is 13.0 Å². The van der Waals surface area contributed by atoms with Crippen LogP contribution in [-0.2, 0) is 19.1 Å². The summed E-state index contributed by atoms with van der Waals surface area (Å²) < 4.78 is 47.8. The molecule has 7 nitrogen and oxygen atoms in total. The Bertz CT molecular complexity index is 789. The van der Waals surface area contributed by atoms with Crippen LogP contribution in [0.25, 0.3) is 0 Å². The summed E-state index contributed by atoms with van der Waals surface area (Å²) in [6.45, 7) is 16.3. The number of hydrogen-bond acceptors (Lipinski definition) is 4. The van der Waals surface area contributed by atoms with E-state index in [1.54, 1.807) is 52.0 Å². The Morgan fingerprint density at radius 1 is 0.929 bits per heavy atom. The zero-order valence-electron chi connectivity index (χ0n) is 18.5. The van der Waals surface area contributed by atoms with Crippen LogP contribution >= 0.6 is 7.67 Å². The third kappa shape index (κ3) is 6.94. The van der Waals surface area contributed by atoms with Gasteiger partial charge in [-0.15, -0.1) is 0 Å². The Labute approximate surface area is 170 Å². The van der Waals surface area contributed by atoms with Crippen molar-refractivity contribution in [3.05, 3.63) is 29.8 Å². The first-order valence-electron chi connectivity index (χ1n) is 9.47. The van der Waals surface area contributed by atoms with Gasteiger partial charge in [0.05, 0.1) is 16.0 Å². The number of hydrogen-bond donors (Lipinski definition) is 3. The molecule has 0 amide bonds. The van der Waals surface area contributed by atoms with Crippen molar-refractivity contribution in [3.8, 4) is 0 Å². The molecule has 0 aliphatic carbocycles. The van der Waals surface area contributed by atoms with Crippen LogP contribution in [0.3, 0.4) is 0 Å². The first-order valence-corrected chi connectivity index (χ1v) is 12.6. The predicted molar refractivity (Wildman–Crippen MR) is 115 cm³/mol. The molecule has 162 valence electrons. The average Bonchev–Trinajstić information content (AvgIpc) is 2.43. The molecular weight excluding hydrogens is 397 g/mol. The lowest BCUT2D eigenvalue weighted by atomic mass is 9.87. The maximum atomic E-state index is 13.3. The standard InChI is InChI=1S/C19H36N3O4PS/c1-14(2)20-27(23,21-15(3)4)26-19(8,9)18(6,7)22-28(24,25)17-12-10-16(5)11-13-17/h10-15,22H,1-9H3,(H2,20,21,23). The number of sulfonamides is 1. The van der Waals surface area contributed by atoms with Crippen molar-refractivity contribution in [1.82, 2.24) is 14.9 Å². The molecule has 0 unspecified atom stereocenters. The quantitative estimate of drug-likeness (QED) is 0.484. The zero-order valence-corrected chi connectivity index (χ0v) is 20.2. The summed E-state index contributed by atoms with van der Waals surface area (Å²) in [6.07, 6.45) is 0. The summed E-state index contributed by atoms with van der Waals surface area (Å²) in [5.74, 6) is 0. The second-order valence-corrected chi connectivity index (χ2v) is 12.2. The highest BCUT2D eigenvalue weighted by Crippen LogP contribution is 2.46. The van der Waals surface area contributed by atoms with E-state index >= 15 is 0 Å². The predicted octanol–water partition coefficient (Wildman–Crippen LogP) is 3.95. The molecule has 1 aromatic carbocycles. The molecule has 28 heavy (non-hydrogen) atoms. The molecule has 0 heterocycles. The van der Waals surface area contributed by atoms with E-state index in [0.717, 1.165) is 5.56 Å². The molecule has 0 aromatic heterocycles. The Balaban J connectivity index is 3.14. The maximum absolute atomic E-state index is 13.3. The van der Waals surface area contributed by atoms with E-state index in [-0.39, 0.29) is 17.0 Å². The van der Waals surface area contributed by atoms with Gasteiger partial charge < -0.3 is 0 Å². The van der Waals surface area contributed by atoms with E-state index in [2.05, 4.69) is 14.9 Å². The van der Waals surface area contributed by atoms with Gasteiger partial charge in [0.1, 0.15) is 0 Å². The average molecular weight is 434 g/mol. The maximum Gasteiger partial charge on any atom is 0.341 e. The van der Waals surface area contributed by atoms with Gasteiger partial charge in [0.25, 0.3) is 0 Å². The lowest BCUT2D eigenvalue weighted by Crippen LogP contribution is -2.59. The number of benzene rings is 1. The third-order valence-corrected chi connectivity index (χ3v) is 8.54. The minimum absolute atomic E-state index is 0.0831. The van der Waals surface area contributed by atoms with Crippen LogP contribution in [0.4, 0.5) is 0 Å². The van der Waals surface area contributed by atoms with E-state index in [4.69, 9.17) is 4.52 Å². The highest BCUT2D eigenvalue weighted by Gasteiger charge is 2.46. The van der Waals surface area contributed by atoms with Crippen LogP contribution < -0.4 is 14.9 Å². The molecule has 3 N–H and O–H groups in total. The lowest BCUT2D eigenvalue weighted by Gasteiger charge is -2.43. The van der Waals surface area contributed by atoms with Gasteiger partial charge in [-0.25, -0.2) is 23.3 Å². The minimum atomic E-state index is -3.78. The van der Waals surface area contributed by atoms with E-state index in [1.165, 1.54) is 0 Å². The second-order valence-electron chi connectivity index (χ2n) is 8.76. The van der Waals surface area contributed by atoms with Crippen LogP contribution in [0.1, 0.15) is 61.0 Å². The van der Waals surface area contributed by atoms with Crippen LogP contribution in [0.5, 0.6) is 0 Å². The van der Waals surface area contributed by atoms with E-state index in [1.807, 2.05) is 34.6 Å². The molecule has 9 heteroatoms. The number of rotatable bonds is 10. The Morgan fingerprint density at radius 3 is 1.75 bits per heavy atom. The third-order valence-electron chi connectivity index (χ3n) is 4.44. The van der Waals surface area contributed by atoms with Crippen molar-refractivity contribution in [2.45, 2.75) is 90.4 Å². The van der Waals surface area contributed by atoms with Crippen LogP contribution in [-0.4, -0.2) is 31.6 Å². The van der Waals surface area contributed by atoms with Gasteiger partial charge >= 0.3 is 7.67 Å². The first-order chi connectivity index (χ1) is 12.5. The normalized spacial score (nSPS) is 14.1. The fraction of sp³-hybridized carbons (Fsp3) is 0.684. The Hall–Kier alpha value is -0.760. The van der Waals surface area contributed by atoms with Gasteiger partial charge in [-0.05, 0) is 74.4 Å². The molecule has 1 rings (SSSR count). The monoisotopic (exact) mass is 433 g/mol. The number of nitrogens with one attached hydrogen (secondary N) is 3. The molecule has 0 saturated carbocycles. The molecule has 1 aromatic rings. The van der Waals surface area contributed by atoms with Gasteiger partial charge in [-0.1, -0.05) is 17.7 Å². The fourth-order valence-electron chi connectivity index (χ4n) is 2.44. The SMILES string of the molecule is Cc1ccc(S(=O)(=O)NC(C)(C)C(C)(C)OP(=O)(NC(C)C)NC(C)C)cc1. The summed E-state index contributed by atoms with van der Waals surface area (Å²) >= 11 is 0. The van der Waals surface area contributed by atoms with Crippen molar-refractivity contribution in [1.29, 1.82) is 0 Å². The summed E-state index contributed by atoms with van der Waals surface area (Å²) in [7, 11) is -7.21. The summed E-state index contributed by atoms with van der Waals surface area (Å²) in [5, 5.41) is 5.92. The smallest absolute Gasteiger partial charge is 0.298 e. The van der Waals surface area contributed by atoms with Gasteiger partial charge in [-0.3, -0.25) is 9.09 Å². The highest BCUT2D eigenvalue weighted by molar-refractivity contribution is 7.89. The topological polar surface area (TPSA) is 96.5 Å². The molecule has 0 atom stereocenters. The van der Waals surface area contributed by atoms with E-state index in [0.29, 0.717) is 0 Å². The van der Waals surface area contributed by atoms with Crippen molar-refractivity contribution >= 4 is 17.7 Å². The van der Waals surface area contributed by atoms with Crippen molar-refractivity contribution < 1.29 is 17.5 Å². The van der Waals surface area contributed by atoms with Crippen molar-refractivity contribution in [2.24, 2.45) is 0 Å². The first kappa shape index (κ1) is 25.3. The van der Waals surface area contributed by atoms with Gasteiger partial charge in [0.2, 0.25) is 10.0 Å². The molecule has 0 saturated heterocycles. The van der Waals surface area contributed by atoms with Crippen LogP contribution in [0, 0.1) is 6.92 Å². The van der Waals surface area contributed by atoms with Crippen molar-refractivity contribution in [2.75, 3.05) is 0 Å². The molecule has 0 bridgehead atoms.